The molecule has 5 rings (SSSR count). The van der Waals surface area contributed by atoms with E-state index in [0.717, 1.165) is 49.4 Å². The molecule has 202 valence electrons. The van der Waals surface area contributed by atoms with Crippen molar-refractivity contribution >= 4 is 34.8 Å². The highest BCUT2D eigenvalue weighted by Crippen LogP contribution is 2.31. The van der Waals surface area contributed by atoms with E-state index in [1.54, 1.807) is 26.0 Å². The summed E-state index contributed by atoms with van der Waals surface area (Å²) in [4.78, 5) is 45.1. The summed E-state index contributed by atoms with van der Waals surface area (Å²) < 4.78 is 20.8. The van der Waals surface area contributed by atoms with Crippen LogP contribution in [0.15, 0.2) is 63.5 Å². The van der Waals surface area contributed by atoms with Crippen LogP contribution in [0.3, 0.4) is 0 Å². The van der Waals surface area contributed by atoms with Crippen molar-refractivity contribution in [3.63, 3.8) is 0 Å². The number of nitrogens with zero attached hydrogens (tertiary/aromatic N) is 4. The molecule has 1 aromatic heterocycles. The van der Waals surface area contributed by atoms with E-state index in [2.05, 4.69) is 9.89 Å². The number of allylic oxidation sites excluding steroid dienone is 1. The van der Waals surface area contributed by atoms with Crippen molar-refractivity contribution < 1.29 is 18.8 Å². The van der Waals surface area contributed by atoms with Gasteiger partial charge in [0.2, 0.25) is 0 Å². The van der Waals surface area contributed by atoms with Crippen molar-refractivity contribution in [3.8, 4) is 0 Å². The first-order valence-electron chi connectivity index (χ1n) is 12.8. The van der Waals surface area contributed by atoms with Crippen molar-refractivity contribution in [1.82, 2.24) is 4.57 Å². The molecule has 0 spiro atoms. The topological polar surface area (TPSA) is 107 Å². The number of carbonyl (C=O) groups is 1. The molecular weight excluding hydrogens is 523 g/mol. The molecule has 2 aromatic carbocycles. The van der Waals surface area contributed by atoms with Gasteiger partial charge in [-0.1, -0.05) is 23.5 Å². The minimum absolute atomic E-state index is 0.0700. The zero-order valence-electron chi connectivity index (χ0n) is 21.6. The number of hydrogen-bond acceptors (Lipinski definition) is 8. The molecule has 0 amide bonds. The number of nitro benzene ring substituents is 1. The first-order chi connectivity index (χ1) is 18.8. The van der Waals surface area contributed by atoms with Gasteiger partial charge in [-0.2, -0.15) is 0 Å². The quantitative estimate of drug-likeness (QED) is 0.262. The number of piperidine rings is 1. The lowest BCUT2D eigenvalue weighted by molar-refractivity contribution is -0.384. The maximum atomic E-state index is 13.9. The summed E-state index contributed by atoms with van der Waals surface area (Å²) >= 11 is 1.14. The Hall–Kier alpha value is -4.12. The first kappa shape index (κ1) is 26.5. The van der Waals surface area contributed by atoms with Gasteiger partial charge in [0.05, 0.1) is 33.4 Å². The lowest BCUT2D eigenvalue weighted by Crippen LogP contribution is -2.40. The lowest BCUT2D eigenvalue weighted by Gasteiger charge is -2.30. The standard InChI is InChI=1S/C28H27FN4O5S/c1-3-38-27(35)24-17(2)30-28-32(25(24)18-7-9-20(29)10-8-18)26(34)23(39-28)16-19-15-21(33(36)37)11-12-22(19)31-13-5-4-6-14-31/h7-12,15-16,25H,3-6,13-14H2,1-2H3/b23-16+. The third-order valence-electron chi connectivity index (χ3n) is 6.91. The van der Waals surface area contributed by atoms with Crippen LogP contribution in [0.2, 0.25) is 0 Å². The Morgan fingerprint density at radius 2 is 1.92 bits per heavy atom. The number of benzene rings is 2. The molecule has 1 fully saturated rings. The maximum Gasteiger partial charge on any atom is 0.338 e. The van der Waals surface area contributed by atoms with Gasteiger partial charge in [0, 0.05) is 36.5 Å². The van der Waals surface area contributed by atoms with E-state index in [9.17, 15) is 24.1 Å². The summed E-state index contributed by atoms with van der Waals surface area (Å²) in [7, 11) is 0. The molecule has 3 aromatic rings. The second kappa shape index (κ2) is 10.9. The number of non-ortho nitro benzene ring substituents is 1. The van der Waals surface area contributed by atoms with Gasteiger partial charge in [-0.15, -0.1) is 0 Å². The summed E-state index contributed by atoms with van der Waals surface area (Å²) in [5.41, 5.74) is 2.05. The molecule has 0 radical (unpaired) electrons. The van der Waals surface area contributed by atoms with Crippen molar-refractivity contribution in [3.05, 3.63) is 100 Å². The Morgan fingerprint density at radius 1 is 1.21 bits per heavy atom. The number of thiazole rings is 1. The van der Waals surface area contributed by atoms with Crippen LogP contribution in [0, 0.1) is 15.9 Å². The van der Waals surface area contributed by atoms with Crippen LogP contribution >= 0.6 is 11.3 Å². The summed E-state index contributed by atoms with van der Waals surface area (Å²) in [5, 5.41) is 11.6. The van der Waals surface area contributed by atoms with Gasteiger partial charge >= 0.3 is 5.97 Å². The minimum atomic E-state index is -0.866. The Bertz CT molecular complexity index is 1650. The van der Waals surface area contributed by atoms with E-state index in [-0.39, 0.29) is 17.9 Å². The third-order valence-corrected chi connectivity index (χ3v) is 7.89. The highest BCUT2D eigenvalue weighted by atomic mass is 32.1. The zero-order chi connectivity index (χ0) is 27.7. The van der Waals surface area contributed by atoms with Crippen LogP contribution in [-0.2, 0) is 9.53 Å². The van der Waals surface area contributed by atoms with Crippen LogP contribution in [-0.4, -0.2) is 35.2 Å². The minimum Gasteiger partial charge on any atom is -0.463 e. The molecule has 0 bridgehead atoms. The van der Waals surface area contributed by atoms with Crippen molar-refractivity contribution in [2.75, 3.05) is 24.6 Å². The van der Waals surface area contributed by atoms with Crippen molar-refractivity contribution in [1.29, 1.82) is 0 Å². The Kier molecular flexibility index (Phi) is 7.42. The highest BCUT2D eigenvalue weighted by Gasteiger charge is 2.33. The molecule has 9 nitrogen and oxygen atoms in total. The number of hydrogen-bond donors (Lipinski definition) is 0. The summed E-state index contributed by atoms with van der Waals surface area (Å²) in [5.74, 6) is -1.05. The second-order valence-electron chi connectivity index (χ2n) is 9.40. The van der Waals surface area contributed by atoms with Crippen LogP contribution in [0.5, 0.6) is 0 Å². The molecule has 3 heterocycles. The molecule has 1 unspecified atom stereocenters. The number of fused-ring (bicyclic) bond motifs is 1. The smallest absolute Gasteiger partial charge is 0.338 e. The number of aromatic nitrogens is 1. The molecule has 2 aliphatic heterocycles. The number of esters is 1. The average Bonchev–Trinajstić information content (AvgIpc) is 3.23. The SMILES string of the molecule is CCOC(=O)C1=C(C)N=c2s/c(=C/c3cc([N+](=O)[O-])ccc3N3CCCCC3)c(=O)n2C1c1ccc(F)cc1. The van der Waals surface area contributed by atoms with Gasteiger partial charge in [0.15, 0.2) is 4.80 Å². The molecular formula is C28H27FN4O5S. The molecule has 2 aliphatic rings. The maximum absolute atomic E-state index is 13.9. The van der Waals surface area contributed by atoms with Crippen molar-refractivity contribution in [2.24, 2.45) is 4.99 Å². The van der Waals surface area contributed by atoms with Gasteiger partial charge in [0.1, 0.15) is 5.82 Å². The number of nitro groups is 1. The van der Waals surface area contributed by atoms with E-state index in [1.165, 1.54) is 41.0 Å². The monoisotopic (exact) mass is 550 g/mol. The lowest BCUT2D eigenvalue weighted by atomic mass is 9.96. The van der Waals surface area contributed by atoms with Gasteiger partial charge in [0.25, 0.3) is 11.2 Å². The summed E-state index contributed by atoms with van der Waals surface area (Å²) in [6.07, 6.45) is 4.83. The molecule has 0 N–H and O–H groups in total. The Morgan fingerprint density at radius 3 is 2.59 bits per heavy atom. The van der Waals surface area contributed by atoms with E-state index in [0.29, 0.717) is 26.2 Å². The predicted octanol–water partition coefficient (Wildman–Crippen LogP) is 3.84. The molecule has 11 heteroatoms. The number of carbonyl (C=O) groups excluding carboxylic acids is 1. The fourth-order valence-corrected chi connectivity index (χ4v) is 6.12. The first-order valence-corrected chi connectivity index (χ1v) is 13.6. The Balaban J connectivity index is 1.71. The number of ether oxygens (including phenoxy) is 1. The van der Waals surface area contributed by atoms with E-state index in [4.69, 9.17) is 4.74 Å². The largest absolute Gasteiger partial charge is 0.463 e. The summed E-state index contributed by atoms with van der Waals surface area (Å²) in [6.45, 7) is 5.16. The van der Waals surface area contributed by atoms with Gasteiger partial charge < -0.3 is 9.64 Å². The highest BCUT2D eigenvalue weighted by molar-refractivity contribution is 7.07. The number of anilines is 1. The number of halogens is 1. The predicted molar refractivity (Wildman–Crippen MR) is 146 cm³/mol. The van der Waals surface area contributed by atoms with E-state index >= 15 is 0 Å². The molecule has 0 aliphatic carbocycles. The zero-order valence-corrected chi connectivity index (χ0v) is 22.4. The molecule has 1 atom stereocenters. The molecule has 39 heavy (non-hydrogen) atoms. The third kappa shape index (κ3) is 5.14. The Labute approximate surface area is 227 Å². The van der Waals surface area contributed by atoms with Crippen LogP contribution in [0.4, 0.5) is 15.8 Å². The fraction of sp³-hybridized carbons (Fsp3) is 0.321. The van der Waals surface area contributed by atoms with Crippen LogP contribution in [0.1, 0.15) is 50.3 Å². The van der Waals surface area contributed by atoms with Crippen LogP contribution < -0.4 is 19.8 Å². The molecule has 1 saturated heterocycles. The fourth-order valence-electron chi connectivity index (χ4n) is 5.09. The average molecular weight is 551 g/mol. The van der Waals surface area contributed by atoms with Gasteiger partial charge in [-0.05, 0) is 62.9 Å². The van der Waals surface area contributed by atoms with Gasteiger partial charge in [-0.25, -0.2) is 14.2 Å². The van der Waals surface area contributed by atoms with E-state index < -0.39 is 28.3 Å². The van der Waals surface area contributed by atoms with Gasteiger partial charge in [-0.3, -0.25) is 19.5 Å². The van der Waals surface area contributed by atoms with Crippen molar-refractivity contribution in [2.45, 2.75) is 39.2 Å². The van der Waals surface area contributed by atoms with E-state index in [1.807, 2.05) is 0 Å². The second-order valence-corrected chi connectivity index (χ2v) is 10.4. The number of rotatable bonds is 6. The summed E-state index contributed by atoms with van der Waals surface area (Å²) in [6, 6.07) is 9.44. The molecule has 0 saturated carbocycles. The normalized spacial score (nSPS) is 17.6. The van der Waals surface area contributed by atoms with Crippen LogP contribution in [0.25, 0.3) is 6.08 Å².